The third-order valence-electron chi connectivity index (χ3n) is 2.53. The molecule has 0 bridgehead atoms. The van der Waals surface area contributed by atoms with Gasteiger partial charge in [0.05, 0.1) is 16.0 Å². The van der Waals surface area contributed by atoms with E-state index < -0.39 is 28.1 Å². The van der Waals surface area contributed by atoms with Crippen molar-refractivity contribution in [2.24, 2.45) is 0 Å². The number of hydrogen-bond donors (Lipinski definition) is 1. The van der Waals surface area contributed by atoms with Crippen molar-refractivity contribution in [2.45, 2.75) is 25.4 Å². The number of rotatable bonds is 2. The van der Waals surface area contributed by atoms with Crippen molar-refractivity contribution in [2.75, 3.05) is 0 Å². The molecule has 0 saturated carbocycles. The van der Waals surface area contributed by atoms with E-state index in [4.69, 9.17) is 16.7 Å². The summed E-state index contributed by atoms with van der Waals surface area (Å²) >= 11 is 5.51. The summed E-state index contributed by atoms with van der Waals surface area (Å²) in [7, 11) is 0. The molecule has 0 radical (unpaired) electrons. The van der Waals surface area contributed by atoms with Gasteiger partial charge < -0.3 is 5.11 Å². The maximum absolute atomic E-state index is 12.4. The molecule has 0 saturated heterocycles. The first-order valence-corrected chi connectivity index (χ1v) is 5.05. The maximum atomic E-state index is 12.4. The minimum absolute atomic E-state index is 0.225. The molecule has 6 heteroatoms. The third kappa shape index (κ3) is 2.72. The smallest absolute Gasteiger partial charge is 0.417 e. The van der Waals surface area contributed by atoms with E-state index in [0.29, 0.717) is 0 Å². The van der Waals surface area contributed by atoms with E-state index in [1.165, 1.54) is 13.8 Å². The van der Waals surface area contributed by atoms with Crippen molar-refractivity contribution in [3.05, 3.63) is 34.3 Å². The number of hydrogen-bond acceptors (Lipinski definition) is 1. The minimum Gasteiger partial charge on any atom is -0.481 e. The molecule has 1 N–H and O–H groups in total. The lowest BCUT2D eigenvalue weighted by molar-refractivity contribution is -0.142. The first-order chi connectivity index (χ1) is 7.56. The highest BCUT2D eigenvalue weighted by atomic mass is 35.5. The first-order valence-electron chi connectivity index (χ1n) is 4.67. The van der Waals surface area contributed by atoms with Crippen LogP contribution in [0.2, 0.25) is 5.02 Å². The minimum atomic E-state index is -4.54. The van der Waals surface area contributed by atoms with Gasteiger partial charge >= 0.3 is 12.1 Å². The molecule has 0 aliphatic rings. The zero-order valence-corrected chi connectivity index (χ0v) is 9.86. The van der Waals surface area contributed by atoms with Gasteiger partial charge in [0.2, 0.25) is 0 Å². The first kappa shape index (κ1) is 13.8. The molecule has 2 nitrogen and oxygen atoms in total. The lowest BCUT2D eigenvalue weighted by atomic mass is 9.84. The molecule has 1 rings (SSSR count). The van der Waals surface area contributed by atoms with Crippen molar-refractivity contribution in [1.29, 1.82) is 0 Å². The van der Waals surface area contributed by atoms with Gasteiger partial charge in [-0.05, 0) is 31.5 Å². The highest BCUT2D eigenvalue weighted by Gasteiger charge is 2.35. The fourth-order valence-corrected chi connectivity index (χ4v) is 1.54. The summed E-state index contributed by atoms with van der Waals surface area (Å²) in [5, 5.41) is 8.45. The van der Waals surface area contributed by atoms with E-state index in [1.807, 2.05) is 0 Å². The Balaban J connectivity index is 3.27. The van der Waals surface area contributed by atoms with Crippen LogP contribution in [0.5, 0.6) is 0 Å². The number of benzene rings is 1. The molecule has 1 aromatic carbocycles. The zero-order valence-electron chi connectivity index (χ0n) is 9.10. The Bertz CT molecular complexity index is 453. The number of aliphatic carboxylic acids is 1. The molecule has 0 unspecified atom stereocenters. The van der Waals surface area contributed by atoms with Crippen LogP contribution in [0.3, 0.4) is 0 Å². The van der Waals surface area contributed by atoms with Gasteiger partial charge in [-0.15, -0.1) is 0 Å². The highest BCUT2D eigenvalue weighted by molar-refractivity contribution is 6.31. The molecule has 0 heterocycles. The van der Waals surface area contributed by atoms with Crippen LogP contribution < -0.4 is 0 Å². The second kappa shape index (κ2) is 4.22. The largest absolute Gasteiger partial charge is 0.481 e. The summed E-state index contributed by atoms with van der Waals surface area (Å²) in [6.07, 6.45) is -4.54. The predicted molar refractivity (Wildman–Crippen MR) is 57.1 cm³/mol. The van der Waals surface area contributed by atoms with Crippen LogP contribution in [-0.2, 0) is 16.4 Å². The average Bonchev–Trinajstić information content (AvgIpc) is 2.15. The lowest BCUT2D eigenvalue weighted by Crippen LogP contribution is -2.28. The Morgan fingerprint density at radius 1 is 1.29 bits per heavy atom. The maximum Gasteiger partial charge on any atom is 0.417 e. The molecule has 0 spiro atoms. The van der Waals surface area contributed by atoms with E-state index >= 15 is 0 Å². The molecule has 0 aliphatic heterocycles. The van der Waals surface area contributed by atoms with Gasteiger partial charge in [0.25, 0.3) is 0 Å². The SMILES string of the molecule is CC(C)(C(=O)O)c1ccc(C(F)(F)F)c(Cl)c1. The van der Waals surface area contributed by atoms with Gasteiger partial charge in [-0.1, -0.05) is 17.7 Å². The Morgan fingerprint density at radius 3 is 2.18 bits per heavy atom. The van der Waals surface area contributed by atoms with Crippen molar-refractivity contribution in [3.8, 4) is 0 Å². The standard InChI is InChI=1S/C11H10ClF3O2/c1-10(2,9(16)17)6-3-4-7(8(12)5-6)11(13,14)15/h3-5H,1-2H3,(H,16,17). The molecule has 0 aliphatic carbocycles. The van der Waals surface area contributed by atoms with Crippen LogP contribution in [0.1, 0.15) is 25.0 Å². The molecule has 0 amide bonds. The molecule has 94 valence electrons. The van der Waals surface area contributed by atoms with E-state index in [2.05, 4.69) is 0 Å². The summed E-state index contributed by atoms with van der Waals surface area (Å²) in [6.45, 7) is 2.79. The van der Waals surface area contributed by atoms with Gasteiger partial charge in [-0.25, -0.2) is 0 Å². The molecular weight excluding hydrogens is 257 g/mol. The van der Waals surface area contributed by atoms with Crippen molar-refractivity contribution >= 4 is 17.6 Å². The Labute approximate surface area is 101 Å². The van der Waals surface area contributed by atoms with Crippen molar-refractivity contribution in [1.82, 2.24) is 0 Å². The molecule has 0 aromatic heterocycles. The van der Waals surface area contributed by atoms with Gasteiger partial charge in [0, 0.05) is 0 Å². The summed E-state index contributed by atoms with van der Waals surface area (Å²) < 4.78 is 37.3. The van der Waals surface area contributed by atoms with Gasteiger partial charge in [-0.2, -0.15) is 13.2 Å². The second-order valence-electron chi connectivity index (χ2n) is 4.12. The zero-order chi connectivity index (χ0) is 13.4. The van der Waals surface area contributed by atoms with Gasteiger partial charge in [0.15, 0.2) is 0 Å². The van der Waals surface area contributed by atoms with Crippen molar-refractivity contribution in [3.63, 3.8) is 0 Å². The predicted octanol–water partition coefficient (Wildman–Crippen LogP) is 3.72. The molecule has 0 atom stereocenters. The molecule has 0 fully saturated rings. The fraction of sp³-hybridized carbons (Fsp3) is 0.364. The fourth-order valence-electron chi connectivity index (χ4n) is 1.26. The van der Waals surface area contributed by atoms with Crippen LogP contribution in [-0.4, -0.2) is 11.1 Å². The monoisotopic (exact) mass is 266 g/mol. The number of alkyl halides is 3. The summed E-state index contributed by atoms with van der Waals surface area (Å²) in [6, 6.07) is 2.96. The average molecular weight is 267 g/mol. The van der Waals surface area contributed by atoms with Crippen LogP contribution >= 0.6 is 11.6 Å². The normalized spacial score (nSPS) is 12.6. The molecule has 1 aromatic rings. The van der Waals surface area contributed by atoms with Crippen LogP contribution in [0.4, 0.5) is 13.2 Å². The second-order valence-corrected chi connectivity index (χ2v) is 4.53. The number of carboxylic acid groups (broad SMARTS) is 1. The van der Waals surface area contributed by atoms with Crippen LogP contribution in [0.25, 0.3) is 0 Å². The summed E-state index contributed by atoms with van der Waals surface area (Å²) in [4.78, 5) is 10.9. The van der Waals surface area contributed by atoms with Crippen LogP contribution in [0.15, 0.2) is 18.2 Å². The van der Waals surface area contributed by atoms with E-state index in [-0.39, 0.29) is 5.56 Å². The quantitative estimate of drug-likeness (QED) is 0.886. The Morgan fingerprint density at radius 2 is 1.82 bits per heavy atom. The van der Waals surface area contributed by atoms with Gasteiger partial charge in [0.1, 0.15) is 0 Å². The molecular formula is C11H10ClF3O2. The highest BCUT2D eigenvalue weighted by Crippen LogP contribution is 2.37. The molecule has 17 heavy (non-hydrogen) atoms. The number of halogens is 4. The van der Waals surface area contributed by atoms with E-state index in [9.17, 15) is 18.0 Å². The lowest BCUT2D eigenvalue weighted by Gasteiger charge is -2.21. The summed E-state index contributed by atoms with van der Waals surface area (Å²) in [5.74, 6) is -1.13. The summed E-state index contributed by atoms with van der Waals surface area (Å²) in [5.41, 5.74) is -2.03. The number of carbonyl (C=O) groups is 1. The van der Waals surface area contributed by atoms with E-state index in [1.54, 1.807) is 0 Å². The number of carboxylic acids is 1. The van der Waals surface area contributed by atoms with Crippen molar-refractivity contribution < 1.29 is 23.1 Å². The Kier molecular flexibility index (Phi) is 3.43. The Hall–Kier alpha value is -1.23. The van der Waals surface area contributed by atoms with Crippen LogP contribution in [0, 0.1) is 0 Å². The van der Waals surface area contributed by atoms with Gasteiger partial charge in [-0.3, -0.25) is 4.79 Å². The third-order valence-corrected chi connectivity index (χ3v) is 2.84. The van der Waals surface area contributed by atoms with E-state index in [0.717, 1.165) is 18.2 Å². The topological polar surface area (TPSA) is 37.3 Å².